The van der Waals surface area contributed by atoms with Gasteiger partial charge in [-0.1, -0.05) is 42.5 Å². The number of aromatic nitrogens is 2. The van der Waals surface area contributed by atoms with Crippen LogP contribution in [0.1, 0.15) is 11.1 Å². The number of rotatable bonds is 2. The standard InChI is InChI=1S/C19H15N5O/c25-19(22-15-8-2-1-3-9-15)23-17-16-10-5-4-7-14(16)13-24(17)18-20-11-6-12-21-18/h1-12H,13H2,(H,22,25)/b23-17+. The summed E-state index contributed by atoms with van der Waals surface area (Å²) in [7, 11) is 0. The number of carbonyl (C=O) groups is 1. The van der Waals surface area contributed by atoms with Gasteiger partial charge in [0.2, 0.25) is 5.95 Å². The van der Waals surface area contributed by atoms with Crippen molar-refractivity contribution in [2.45, 2.75) is 6.54 Å². The molecule has 3 aromatic rings. The lowest BCUT2D eigenvalue weighted by Gasteiger charge is -2.16. The predicted molar refractivity (Wildman–Crippen MR) is 96.7 cm³/mol. The number of benzene rings is 2. The number of urea groups is 1. The first-order valence-corrected chi connectivity index (χ1v) is 7.89. The van der Waals surface area contributed by atoms with E-state index in [0.29, 0.717) is 24.0 Å². The number of aliphatic imine (C=N–C) groups is 1. The Hall–Kier alpha value is -3.54. The Morgan fingerprint density at radius 2 is 1.68 bits per heavy atom. The third-order valence-corrected chi connectivity index (χ3v) is 3.87. The van der Waals surface area contributed by atoms with Crippen molar-refractivity contribution in [3.63, 3.8) is 0 Å². The van der Waals surface area contributed by atoms with E-state index in [4.69, 9.17) is 0 Å². The lowest BCUT2D eigenvalue weighted by Crippen LogP contribution is -2.27. The Labute approximate surface area is 144 Å². The summed E-state index contributed by atoms with van der Waals surface area (Å²) in [5.41, 5.74) is 2.70. The molecule has 0 saturated carbocycles. The zero-order chi connectivity index (χ0) is 17.1. The first-order valence-electron chi connectivity index (χ1n) is 7.89. The van der Waals surface area contributed by atoms with Gasteiger partial charge in [0.1, 0.15) is 5.84 Å². The molecule has 6 heteroatoms. The van der Waals surface area contributed by atoms with Gasteiger partial charge in [-0.2, -0.15) is 4.99 Å². The minimum atomic E-state index is -0.432. The maximum Gasteiger partial charge on any atom is 0.347 e. The number of nitrogens with one attached hydrogen (secondary N) is 1. The van der Waals surface area contributed by atoms with Crippen LogP contribution in [0.2, 0.25) is 0 Å². The Kier molecular flexibility index (Phi) is 3.92. The first-order chi connectivity index (χ1) is 12.3. The normalized spacial score (nSPS) is 14.4. The molecule has 0 unspecified atom stereocenters. The van der Waals surface area contributed by atoms with Crippen LogP contribution in [0.5, 0.6) is 0 Å². The second kappa shape index (κ2) is 6.52. The van der Waals surface area contributed by atoms with Crippen molar-refractivity contribution in [1.82, 2.24) is 9.97 Å². The van der Waals surface area contributed by atoms with E-state index in [1.165, 1.54) is 0 Å². The van der Waals surface area contributed by atoms with E-state index in [1.807, 2.05) is 59.5 Å². The second-order valence-corrected chi connectivity index (χ2v) is 5.52. The highest BCUT2D eigenvalue weighted by atomic mass is 16.2. The molecule has 0 radical (unpaired) electrons. The van der Waals surface area contributed by atoms with Crippen LogP contribution in [0.15, 0.2) is 78.0 Å². The highest BCUT2D eigenvalue weighted by molar-refractivity contribution is 6.17. The zero-order valence-corrected chi connectivity index (χ0v) is 13.3. The van der Waals surface area contributed by atoms with Crippen molar-refractivity contribution in [2.24, 2.45) is 4.99 Å². The van der Waals surface area contributed by atoms with Crippen molar-refractivity contribution in [1.29, 1.82) is 0 Å². The molecule has 1 aliphatic rings. The Bertz CT molecular complexity index is 925. The molecule has 122 valence electrons. The molecule has 0 aliphatic carbocycles. The predicted octanol–water partition coefficient (Wildman–Crippen LogP) is 3.48. The van der Waals surface area contributed by atoms with Crippen molar-refractivity contribution >= 4 is 23.5 Å². The quantitative estimate of drug-likeness (QED) is 0.781. The van der Waals surface area contributed by atoms with Gasteiger partial charge in [0.05, 0.1) is 6.54 Å². The molecule has 1 aromatic heterocycles. The third kappa shape index (κ3) is 3.10. The SMILES string of the molecule is O=C(/N=C1\c2ccccc2CN1c1ncccn1)Nc1ccccc1. The van der Waals surface area contributed by atoms with Gasteiger partial charge in [0.15, 0.2) is 0 Å². The van der Waals surface area contributed by atoms with E-state index in [0.717, 1.165) is 11.1 Å². The molecular formula is C19H15N5O. The number of carbonyl (C=O) groups excluding carboxylic acids is 1. The molecule has 6 nitrogen and oxygen atoms in total. The van der Waals surface area contributed by atoms with Gasteiger partial charge < -0.3 is 5.32 Å². The van der Waals surface area contributed by atoms with Crippen LogP contribution in [0, 0.1) is 0 Å². The monoisotopic (exact) mass is 329 g/mol. The Balaban J connectivity index is 1.69. The molecule has 1 N–H and O–H groups in total. The number of amidine groups is 1. The second-order valence-electron chi connectivity index (χ2n) is 5.52. The summed E-state index contributed by atoms with van der Waals surface area (Å²) >= 11 is 0. The van der Waals surface area contributed by atoms with E-state index >= 15 is 0 Å². The molecule has 2 heterocycles. The van der Waals surface area contributed by atoms with Crippen LogP contribution >= 0.6 is 0 Å². The van der Waals surface area contributed by atoms with Crippen molar-refractivity contribution in [2.75, 3.05) is 10.2 Å². The van der Waals surface area contributed by atoms with Crippen LogP contribution < -0.4 is 10.2 Å². The number of para-hydroxylation sites is 1. The van der Waals surface area contributed by atoms with Gasteiger partial charge in [-0.05, 0) is 23.8 Å². The highest BCUT2D eigenvalue weighted by Crippen LogP contribution is 2.26. The van der Waals surface area contributed by atoms with Gasteiger partial charge in [0, 0.05) is 23.6 Å². The Morgan fingerprint density at radius 3 is 2.48 bits per heavy atom. The third-order valence-electron chi connectivity index (χ3n) is 3.87. The topological polar surface area (TPSA) is 70.5 Å². The summed E-state index contributed by atoms with van der Waals surface area (Å²) in [5.74, 6) is 1.07. The molecule has 2 aromatic carbocycles. The molecular weight excluding hydrogens is 314 g/mol. The Morgan fingerprint density at radius 1 is 0.960 bits per heavy atom. The average Bonchev–Trinajstić information content (AvgIpc) is 3.02. The number of anilines is 2. The van der Waals surface area contributed by atoms with Crippen LogP contribution in [-0.4, -0.2) is 21.8 Å². The number of hydrogen-bond donors (Lipinski definition) is 1. The van der Waals surface area contributed by atoms with E-state index in [1.54, 1.807) is 18.5 Å². The fourth-order valence-corrected chi connectivity index (χ4v) is 2.75. The number of hydrogen-bond acceptors (Lipinski definition) is 3. The van der Waals surface area contributed by atoms with Crippen LogP contribution in [-0.2, 0) is 6.54 Å². The number of nitrogens with zero attached hydrogens (tertiary/aromatic N) is 4. The molecule has 0 bridgehead atoms. The first kappa shape index (κ1) is 15.0. The minimum absolute atomic E-state index is 0.432. The van der Waals surface area contributed by atoms with E-state index < -0.39 is 6.03 Å². The van der Waals surface area contributed by atoms with E-state index in [-0.39, 0.29) is 0 Å². The maximum absolute atomic E-state index is 12.4. The summed E-state index contributed by atoms with van der Waals surface area (Å²) in [6, 6.07) is 18.4. The number of fused-ring (bicyclic) bond motifs is 1. The lowest BCUT2D eigenvalue weighted by atomic mass is 10.1. The van der Waals surface area contributed by atoms with Gasteiger partial charge >= 0.3 is 6.03 Å². The maximum atomic E-state index is 12.4. The molecule has 2 amide bonds. The minimum Gasteiger partial charge on any atom is -0.306 e. The van der Waals surface area contributed by atoms with Crippen molar-refractivity contribution in [3.05, 3.63) is 84.2 Å². The number of amides is 2. The molecule has 25 heavy (non-hydrogen) atoms. The molecule has 0 saturated heterocycles. The van der Waals surface area contributed by atoms with Crippen LogP contribution in [0.25, 0.3) is 0 Å². The van der Waals surface area contributed by atoms with E-state index in [9.17, 15) is 4.79 Å². The molecule has 1 aliphatic heterocycles. The smallest absolute Gasteiger partial charge is 0.306 e. The van der Waals surface area contributed by atoms with Crippen LogP contribution in [0.3, 0.4) is 0 Å². The molecule has 0 atom stereocenters. The summed E-state index contributed by atoms with van der Waals surface area (Å²) < 4.78 is 0. The fourth-order valence-electron chi connectivity index (χ4n) is 2.75. The van der Waals surface area contributed by atoms with Crippen LogP contribution in [0.4, 0.5) is 16.4 Å². The fraction of sp³-hybridized carbons (Fsp3) is 0.0526. The lowest BCUT2D eigenvalue weighted by molar-refractivity contribution is 0.259. The van der Waals surface area contributed by atoms with Gasteiger partial charge in [-0.15, -0.1) is 0 Å². The molecule has 0 spiro atoms. The summed E-state index contributed by atoms with van der Waals surface area (Å²) in [6.07, 6.45) is 3.35. The summed E-state index contributed by atoms with van der Waals surface area (Å²) in [5, 5.41) is 2.78. The van der Waals surface area contributed by atoms with Crippen molar-refractivity contribution < 1.29 is 4.79 Å². The van der Waals surface area contributed by atoms with Crippen molar-refractivity contribution in [3.8, 4) is 0 Å². The van der Waals surface area contributed by atoms with E-state index in [2.05, 4.69) is 20.3 Å². The van der Waals surface area contributed by atoms with Gasteiger partial charge in [-0.3, -0.25) is 4.90 Å². The average molecular weight is 329 g/mol. The summed E-state index contributed by atoms with van der Waals surface area (Å²) in [6.45, 7) is 0.581. The zero-order valence-electron chi connectivity index (χ0n) is 13.3. The van der Waals surface area contributed by atoms with Gasteiger partial charge in [-0.25, -0.2) is 14.8 Å². The van der Waals surface area contributed by atoms with Gasteiger partial charge in [0.25, 0.3) is 0 Å². The summed E-state index contributed by atoms with van der Waals surface area (Å²) in [4.78, 5) is 27.1. The largest absolute Gasteiger partial charge is 0.347 e. The molecule has 4 rings (SSSR count). The molecule has 0 fully saturated rings. The highest BCUT2D eigenvalue weighted by Gasteiger charge is 2.28.